The van der Waals surface area contributed by atoms with Crippen molar-refractivity contribution in [2.24, 2.45) is 10.9 Å². The molecule has 0 aromatic heterocycles. The van der Waals surface area contributed by atoms with E-state index < -0.39 is 17.5 Å². The molecule has 108 valence electrons. The van der Waals surface area contributed by atoms with Crippen LogP contribution in [0.5, 0.6) is 0 Å². The Morgan fingerprint density at radius 1 is 1.10 bits per heavy atom. The van der Waals surface area contributed by atoms with Gasteiger partial charge in [0.15, 0.2) is 5.84 Å². The predicted octanol–water partition coefficient (Wildman–Crippen LogP) is 2.31. The summed E-state index contributed by atoms with van der Waals surface area (Å²) in [4.78, 5) is 11.9. The highest BCUT2D eigenvalue weighted by atomic mass is 19.1. The molecule has 0 heterocycles. The molecule has 5 nitrogen and oxygen atoms in total. The highest BCUT2D eigenvalue weighted by Gasteiger charge is 2.11. The fourth-order valence-electron chi connectivity index (χ4n) is 1.63. The van der Waals surface area contributed by atoms with Crippen LogP contribution < -0.4 is 11.1 Å². The second-order valence-electron chi connectivity index (χ2n) is 4.14. The molecule has 1 amide bonds. The van der Waals surface area contributed by atoms with Crippen molar-refractivity contribution in [2.45, 2.75) is 0 Å². The van der Waals surface area contributed by atoms with Crippen molar-refractivity contribution in [1.82, 2.24) is 0 Å². The molecule has 0 saturated carbocycles. The first-order chi connectivity index (χ1) is 10.0. The number of nitrogens with two attached hydrogens (primary N) is 1. The number of hydrogen-bond acceptors (Lipinski definition) is 3. The van der Waals surface area contributed by atoms with E-state index >= 15 is 0 Å². The van der Waals surface area contributed by atoms with Gasteiger partial charge >= 0.3 is 0 Å². The molecule has 0 aliphatic carbocycles. The zero-order chi connectivity index (χ0) is 15.4. The second-order valence-corrected chi connectivity index (χ2v) is 4.14. The number of oxime groups is 1. The summed E-state index contributed by atoms with van der Waals surface area (Å²) in [6.45, 7) is 0. The first-order valence-electron chi connectivity index (χ1n) is 5.85. The van der Waals surface area contributed by atoms with Crippen LogP contribution in [-0.2, 0) is 0 Å². The SMILES string of the molecule is N/C(=N/O)c1ccc(NC(=O)c2ccc(F)cc2)c(F)c1. The fourth-order valence-corrected chi connectivity index (χ4v) is 1.63. The van der Waals surface area contributed by atoms with Crippen LogP contribution in [0.1, 0.15) is 15.9 Å². The zero-order valence-corrected chi connectivity index (χ0v) is 10.7. The number of amides is 1. The Kier molecular flexibility index (Phi) is 4.13. The average Bonchev–Trinajstić information content (AvgIpc) is 2.49. The molecule has 21 heavy (non-hydrogen) atoms. The van der Waals surface area contributed by atoms with Gasteiger partial charge in [-0.3, -0.25) is 4.79 Å². The van der Waals surface area contributed by atoms with Crippen molar-refractivity contribution in [3.8, 4) is 0 Å². The van der Waals surface area contributed by atoms with Crippen LogP contribution in [0.25, 0.3) is 0 Å². The standard InChI is InChI=1S/C14H11F2N3O2/c15-10-4-1-8(2-5-10)14(20)18-12-6-3-9(7-11(12)16)13(17)19-21/h1-7,21H,(H2,17,19)(H,18,20). The molecule has 7 heteroatoms. The maximum atomic E-state index is 13.8. The van der Waals surface area contributed by atoms with Gasteiger partial charge < -0.3 is 16.3 Å². The van der Waals surface area contributed by atoms with Gasteiger partial charge in [-0.2, -0.15) is 0 Å². The van der Waals surface area contributed by atoms with Crippen LogP contribution in [0.15, 0.2) is 47.6 Å². The van der Waals surface area contributed by atoms with Crippen LogP contribution in [0.3, 0.4) is 0 Å². The molecule has 0 atom stereocenters. The Labute approximate surface area is 118 Å². The number of amidine groups is 1. The third-order valence-electron chi connectivity index (χ3n) is 2.73. The number of hydrogen-bond donors (Lipinski definition) is 3. The molecule has 4 N–H and O–H groups in total. The normalized spacial score (nSPS) is 11.2. The molecule has 0 bridgehead atoms. The van der Waals surface area contributed by atoms with Gasteiger partial charge in [-0.1, -0.05) is 5.16 Å². The van der Waals surface area contributed by atoms with Gasteiger partial charge in [0.05, 0.1) is 5.69 Å². The van der Waals surface area contributed by atoms with Crippen molar-refractivity contribution in [1.29, 1.82) is 0 Å². The number of benzene rings is 2. The van der Waals surface area contributed by atoms with Crippen molar-refractivity contribution < 1.29 is 18.8 Å². The maximum Gasteiger partial charge on any atom is 0.255 e. The summed E-state index contributed by atoms with van der Waals surface area (Å²) in [7, 11) is 0. The lowest BCUT2D eigenvalue weighted by Crippen LogP contribution is -2.15. The van der Waals surface area contributed by atoms with E-state index in [2.05, 4.69) is 10.5 Å². The number of nitrogens with zero attached hydrogens (tertiary/aromatic N) is 1. The average molecular weight is 291 g/mol. The highest BCUT2D eigenvalue weighted by Crippen LogP contribution is 2.17. The van der Waals surface area contributed by atoms with Crippen molar-refractivity contribution in [3.63, 3.8) is 0 Å². The number of carbonyl (C=O) groups excluding carboxylic acids is 1. The van der Waals surface area contributed by atoms with Crippen LogP contribution in [-0.4, -0.2) is 17.0 Å². The quantitative estimate of drug-likeness (QED) is 0.351. The smallest absolute Gasteiger partial charge is 0.255 e. The second kappa shape index (κ2) is 6.00. The lowest BCUT2D eigenvalue weighted by molar-refractivity contribution is 0.102. The lowest BCUT2D eigenvalue weighted by atomic mass is 10.1. The summed E-state index contributed by atoms with van der Waals surface area (Å²) in [6, 6.07) is 8.53. The first kappa shape index (κ1) is 14.4. The van der Waals surface area contributed by atoms with E-state index in [1.807, 2.05) is 0 Å². The van der Waals surface area contributed by atoms with E-state index in [1.54, 1.807) is 0 Å². The van der Waals surface area contributed by atoms with E-state index in [1.165, 1.54) is 24.3 Å². The Hall–Kier alpha value is -2.96. The number of nitrogens with one attached hydrogen (secondary N) is 1. The lowest BCUT2D eigenvalue weighted by Gasteiger charge is -2.08. The largest absolute Gasteiger partial charge is 0.409 e. The van der Waals surface area contributed by atoms with Crippen molar-refractivity contribution >= 4 is 17.4 Å². The van der Waals surface area contributed by atoms with Gasteiger partial charge in [-0.15, -0.1) is 0 Å². The Balaban J connectivity index is 2.20. The summed E-state index contributed by atoms with van der Waals surface area (Å²) in [5, 5.41) is 13.6. The van der Waals surface area contributed by atoms with Crippen molar-refractivity contribution in [2.75, 3.05) is 5.32 Å². The third kappa shape index (κ3) is 3.33. The summed E-state index contributed by atoms with van der Waals surface area (Å²) >= 11 is 0. The van der Waals surface area contributed by atoms with E-state index in [0.29, 0.717) is 0 Å². The number of anilines is 1. The highest BCUT2D eigenvalue weighted by molar-refractivity contribution is 6.04. The topological polar surface area (TPSA) is 87.7 Å². The molecular weight excluding hydrogens is 280 g/mol. The van der Waals surface area contributed by atoms with Crippen LogP contribution in [0, 0.1) is 11.6 Å². The molecule has 0 spiro atoms. The molecule has 2 aromatic rings. The minimum atomic E-state index is -0.741. The zero-order valence-electron chi connectivity index (χ0n) is 10.7. The molecule has 0 fully saturated rings. The van der Waals surface area contributed by atoms with Crippen LogP contribution >= 0.6 is 0 Å². The summed E-state index contributed by atoms with van der Waals surface area (Å²) in [5.41, 5.74) is 5.63. The van der Waals surface area contributed by atoms with E-state index in [9.17, 15) is 13.6 Å². The van der Waals surface area contributed by atoms with Gasteiger partial charge in [-0.05, 0) is 42.5 Å². The van der Waals surface area contributed by atoms with Crippen LogP contribution in [0.4, 0.5) is 14.5 Å². The maximum absolute atomic E-state index is 13.8. The third-order valence-corrected chi connectivity index (χ3v) is 2.73. The Morgan fingerprint density at radius 3 is 2.29 bits per heavy atom. The summed E-state index contributed by atoms with van der Waals surface area (Å²) in [6.07, 6.45) is 0. The number of rotatable bonds is 3. The molecule has 0 aliphatic heterocycles. The molecule has 0 radical (unpaired) electrons. The molecule has 0 unspecified atom stereocenters. The summed E-state index contributed by atoms with van der Waals surface area (Å²) in [5.74, 6) is -2.04. The fraction of sp³-hybridized carbons (Fsp3) is 0. The van der Waals surface area contributed by atoms with E-state index in [-0.39, 0.29) is 22.6 Å². The minimum absolute atomic E-state index is 0.0705. The summed E-state index contributed by atoms with van der Waals surface area (Å²) < 4.78 is 26.6. The van der Waals surface area contributed by atoms with Gasteiger partial charge in [0.25, 0.3) is 5.91 Å². The predicted molar refractivity (Wildman–Crippen MR) is 73.3 cm³/mol. The Morgan fingerprint density at radius 2 is 1.71 bits per heavy atom. The van der Waals surface area contributed by atoms with Crippen molar-refractivity contribution in [3.05, 3.63) is 65.2 Å². The van der Waals surface area contributed by atoms with Gasteiger partial charge in [-0.25, -0.2) is 8.78 Å². The van der Waals surface area contributed by atoms with Gasteiger partial charge in [0, 0.05) is 11.1 Å². The van der Waals surface area contributed by atoms with Gasteiger partial charge in [0.1, 0.15) is 11.6 Å². The molecular formula is C14H11F2N3O2. The van der Waals surface area contributed by atoms with E-state index in [0.717, 1.165) is 18.2 Å². The minimum Gasteiger partial charge on any atom is -0.409 e. The number of halogens is 2. The Bertz CT molecular complexity index is 700. The van der Waals surface area contributed by atoms with E-state index in [4.69, 9.17) is 10.9 Å². The monoisotopic (exact) mass is 291 g/mol. The molecule has 2 aromatic carbocycles. The van der Waals surface area contributed by atoms with Crippen LogP contribution in [0.2, 0.25) is 0 Å². The molecule has 2 rings (SSSR count). The molecule has 0 aliphatic rings. The molecule has 0 saturated heterocycles. The number of carbonyl (C=O) groups is 1. The van der Waals surface area contributed by atoms with Gasteiger partial charge in [0.2, 0.25) is 0 Å². The first-order valence-corrected chi connectivity index (χ1v) is 5.85.